The molecule has 0 atom stereocenters. The fraction of sp³-hybridized carbons (Fsp3) is 0. The lowest BCUT2D eigenvalue weighted by Gasteiger charge is -2.04. The quantitative estimate of drug-likeness (QED) is 0.304. The Kier molecular flexibility index (Phi) is 8.15. The molecule has 0 saturated carbocycles. The van der Waals surface area contributed by atoms with Crippen LogP contribution in [0.3, 0.4) is 0 Å². The van der Waals surface area contributed by atoms with Crippen molar-refractivity contribution >= 4 is 29.5 Å². The second-order valence-corrected chi connectivity index (χ2v) is 7.01. The maximum atomic E-state index is 10.4. The number of carbonyl (C=O) groups excluding carboxylic acids is 1. The summed E-state index contributed by atoms with van der Waals surface area (Å²) >= 11 is 11.5. The van der Waals surface area contributed by atoms with Gasteiger partial charge in [-0.25, -0.2) is 9.97 Å². The summed E-state index contributed by atoms with van der Waals surface area (Å²) in [6.45, 7) is 0. The van der Waals surface area contributed by atoms with Gasteiger partial charge in [0.1, 0.15) is 40.5 Å². The topological polar surface area (TPSA) is 85.1 Å². The summed E-state index contributed by atoms with van der Waals surface area (Å²) in [4.78, 5) is 18.2. The average Bonchev–Trinajstić information content (AvgIpc) is 2.83. The molecule has 2 aromatic carbocycles. The standard InChI is InChI=1S/C12H7ClN2O.C12H8ClNO2/c13-9-1-4-11(5-2-9)16-12-6-3-10(7-14)15-8-12;13-9-1-4-11(5-2-9)16-12-6-3-10(8-15)14-7-12/h1-6,8H;1-8H. The largest absolute Gasteiger partial charge is 0.456 e. The Morgan fingerprint density at radius 1 is 0.688 bits per heavy atom. The molecule has 0 spiro atoms. The van der Waals surface area contributed by atoms with E-state index in [1.165, 1.54) is 12.4 Å². The van der Waals surface area contributed by atoms with Gasteiger partial charge in [-0.2, -0.15) is 5.26 Å². The molecule has 2 heterocycles. The van der Waals surface area contributed by atoms with Crippen LogP contribution in [0.1, 0.15) is 16.2 Å². The van der Waals surface area contributed by atoms with Crippen LogP contribution in [0.2, 0.25) is 10.0 Å². The number of nitriles is 1. The van der Waals surface area contributed by atoms with Crippen LogP contribution < -0.4 is 9.47 Å². The van der Waals surface area contributed by atoms with E-state index in [0.29, 0.717) is 50.7 Å². The lowest BCUT2D eigenvalue weighted by atomic mass is 10.3. The SMILES string of the molecule is N#Cc1ccc(Oc2ccc(Cl)cc2)cn1.O=Cc1ccc(Oc2ccc(Cl)cc2)cn1. The summed E-state index contributed by atoms with van der Waals surface area (Å²) in [6.07, 6.45) is 3.69. The molecular formula is C24H15Cl2N3O3. The maximum Gasteiger partial charge on any atom is 0.168 e. The van der Waals surface area contributed by atoms with Crippen LogP contribution in [0.25, 0.3) is 0 Å². The van der Waals surface area contributed by atoms with Gasteiger partial charge in [0.05, 0.1) is 12.4 Å². The Labute approximate surface area is 194 Å². The van der Waals surface area contributed by atoms with Crippen LogP contribution in [0, 0.1) is 11.3 Å². The molecule has 0 N–H and O–H groups in total. The number of rotatable bonds is 5. The lowest BCUT2D eigenvalue weighted by Crippen LogP contribution is -1.88. The summed E-state index contributed by atoms with van der Waals surface area (Å²) in [7, 11) is 0. The Morgan fingerprint density at radius 3 is 1.53 bits per heavy atom. The predicted octanol–water partition coefficient (Wildman–Crippen LogP) is 6.74. The fourth-order valence-corrected chi connectivity index (χ4v) is 2.56. The molecule has 0 aliphatic carbocycles. The summed E-state index contributed by atoms with van der Waals surface area (Å²) in [5.41, 5.74) is 0.743. The molecule has 4 aromatic rings. The molecule has 0 amide bonds. The van der Waals surface area contributed by atoms with E-state index >= 15 is 0 Å². The van der Waals surface area contributed by atoms with Crippen molar-refractivity contribution in [2.45, 2.75) is 0 Å². The van der Waals surface area contributed by atoms with Gasteiger partial charge in [-0.3, -0.25) is 4.79 Å². The van der Waals surface area contributed by atoms with Crippen molar-refractivity contribution in [2.75, 3.05) is 0 Å². The van der Waals surface area contributed by atoms with Crippen LogP contribution >= 0.6 is 23.2 Å². The molecule has 4 rings (SSSR count). The minimum Gasteiger partial charge on any atom is -0.456 e. The van der Waals surface area contributed by atoms with Gasteiger partial charge < -0.3 is 9.47 Å². The number of halogens is 2. The molecule has 0 bridgehead atoms. The number of benzene rings is 2. The summed E-state index contributed by atoms with van der Waals surface area (Å²) in [6, 6.07) is 22.5. The van der Waals surface area contributed by atoms with E-state index in [-0.39, 0.29) is 0 Å². The minimum atomic E-state index is 0.364. The Morgan fingerprint density at radius 2 is 1.16 bits per heavy atom. The number of nitrogens with zero attached hydrogens (tertiary/aromatic N) is 3. The number of carbonyl (C=O) groups is 1. The van der Waals surface area contributed by atoms with Crippen LogP contribution in [-0.4, -0.2) is 16.3 Å². The van der Waals surface area contributed by atoms with E-state index in [4.69, 9.17) is 37.9 Å². The third-order valence-electron chi connectivity index (χ3n) is 3.83. The van der Waals surface area contributed by atoms with Crippen molar-refractivity contribution in [1.82, 2.24) is 9.97 Å². The van der Waals surface area contributed by atoms with Gasteiger partial charge in [0.25, 0.3) is 0 Å². The van der Waals surface area contributed by atoms with Crippen molar-refractivity contribution < 1.29 is 14.3 Å². The molecular weight excluding hydrogens is 449 g/mol. The molecule has 0 radical (unpaired) electrons. The van der Waals surface area contributed by atoms with Gasteiger partial charge in [0, 0.05) is 10.0 Å². The highest BCUT2D eigenvalue weighted by Crippen LogP contribution is 2.23. The van der Waals surface area contributed by atoms with Crippen LogP contribution in [0.15, 0.2) is 85.2 Å². The van der Waals surface area contributed by atoms with Gasteiger partial charge in [0.15, 0.2) is 6.29 Å². The molecule has 6 nitrogen and oxygen atoms in total. The van der Waals surface area contributed by atoms with Crippen LogP contribution in [0.4, 0.5) is 0 Å². The van der Waals surface area contributed by atoms with Crippen molar-refractivity contribution in [2.24, 2.45) is 0 Å². The van der Waals surface area contributed by atoms with Gasteiger partial charge in [-0.05, 0) is 72.8 Å². The number of hydrogen-bond acceptors (Lipinski definition) is 6. The second-order valence-electron chi connectivity index (χ2n) is 6.14. The molecule has 0 aliphatic rings. The Balaban J connectivity index is 0.000000181. The fourth-order valence-electron chi connectivity index (χ4n) is 2.31. The normalized spacial score (nSPS) is 9.66. The van der Waals surface area contributed by atoms with Crippen molar-refractivity contribution in [3.05, 3.63) is 107 Å². The van der Waals surface area contributed by atoms with Gasteiger partial charge >= 0.3 is 0 Å². The summed E-state index contributed by atoms with van der Waals surface area (Å²) < 4.78 is 11.0. The second kappa shape index (κ2) is 11.5. The third kappa shape index (κ3) is 7.10. The highest BCUT2D eigenvalue weighted by Gasteiger charge is 1.99. The van der Waals surface area contributed by atoms with Gasteiger partial charge in [0.2, 0.25) is 0 Å². The molecule has 0 aliphatic heterocycles. The number of aldehydes is 1. The van der Waals surface area contributed by atoms with Crippen LogP contribution in [0.5, 0.6) is 23.0 Å². The first-order chi connectivity index (χ1) is 15.6. The lowest BCUT2D eigenvalue weighted by molar-refractivity contribution is 0.111. The van der Waals surface area contributed by atoms with Crippen molar-refractivity contribution in [3.63, 3.8) is 0 Å². The van der Waals surface area contributed by atoms with Crippen molar-refractivity contribution in [1.29, 1.82) is 5.26 Å². The van der Waals surface area contributed by atoms with E-state index in [0.717, 1.165) is 0 Å². The summed E-state index contributed by atoms with van der Waals surface area (Å²) in [5.74, 6) is 2.51. The molecule has 32 heavy (non-hydrogen) atoms. The zero-order chi connectivity index (χ0) is 22.8. The molecule has 2 aromatic heterocycles. The smallest absolute Gasteiger partial charge is 0.168 e. The third-order valence-corrected chi connectivity index (χ3v) is 4.33. The first-order valence-electron chi connectivity index (χ1n) is 9.20. The number of aromatic nitrogens is 2. The Hall–Kier alpha value is -3.92. The molecule has 0 saturated heterocycles. The average molecular weight is 464 g/mol. The number of ether oxygens (including phenoxy) is 2. The zero-order valence-electron chi connectivity index (χ0n) is 16.5. The molecule has 8 heteroatoms. The first-order valence-corrected chi connectivity index (χ1v) is 9.95. The van der Waals surface area contributed by atoms with Gasteiger partial charge in [-0.1, -0.05) is 23.2 Å². The molecule has 0 unspecified atom stereocenters. The van der Waals surface area contributed by atoms with Gasteiger partial charge in [-0.15, -0.1) is 0 Å². The Bertz CT molecular complexity index is 1190. The van der Waals surface area contributed by atoms with E-state index < -0.39 is 0 Å². The van der Waals surface area contributed by atoms with E-state index in [9.17, 15) is 4.79 Å². The number of hydrogen-bond donors (Lipinski definition) is 0. The molecule has 0 fully saturated rings. The van der Waals surface area contributed by atoms with E-state index in [2.05, 4.69) is 9.97 Å². The summed E-state index contributed by atoms with van der Waals surface area (Å²) in [5, 5.41) is 9.89. The van der Waals surface area contributed by atoms with Crippen LogP contribution in [-0.2, 0) is 0 Å². The number of pyridine rings is 2. The predicted molar refractivity (Wildman–Crippen MR) is 122 cm³/mol. The first kappa shape index (κ1) is 22.8. The monoisotopic (exact) mass is 463 g/mol. The minimum absolute atomic E-state index is 0.364. The van der Waals surface area contributed by atoms with E-state index in [1.807, 2.05) is 6.07 Å². The highest BCUT2D eigenvalue weighted by atomic mass is 35.5. The highest BCUT2D eigenvalue weighted by molar-refractivity contribution is 6.30. The van der Waals surface area contributed by atoms with E-state index in [1.54, 1.807) is 72.8 Å². The zero-order valence-corrected chi connectivity index (χ0v) is 18.0. The molecule has 158 valence electrons. The maximum absolute atomic E-state index is 10.4. The van der Waals surface area contributed by atoms with Crippen molar-refractivity contribution in [3.8, 4) is 29.1 Å².